The van der Waals surface area contributed by atoms with Crippen LogP contribution in [0.25, 0.3) is 0 Å². The van der Waals surface area contributed by atoms with Crippen LogP contribution in [0.3, 0.4) is 0 Å². The first-order chi connectivity index (χ1) is 6.33. The molecule has 74 valence electrons. The van der Waals surface area contributed by atoms with E-state index in [1.807, 2.05) is 0 Å². The summed E-state index contributed by atoms with van der Waals surface area (Å²) < 4.78 is 0. The van der Waals surface area contributed by atoms with E-state index in [1.54, 1.807) is 0 Å². The minimum Gasteiger partial charge on any atom is -0.363 e. The maximum atomic E-state index is 5.35. The molecule has 3 heteroatoms. The number of nitrogens with zero attached hydrogens (tertiary/aromatic N) is 1. The lowest BCUT2D eigenvalue weighted by molar-refractivity contribution is 0.360. The molecule has 0 amide bonds. The zero-order valence-corrected chi connectivity index (χ0v) is 9.07. The second-order valence-corrected chi connectivity index (χ2v) is 4.46. The fourth-order valence-electron chi connectivity index (χ4n) is 2.74. The predicted molar refractivity (Wildman–Crippen MR) is 58.7 cm³/mol. The maximum absolute atomic E-state index is 5.35. The number of likely N-dealkylation sites (tertiary alicyclic amines) is 1. The third kappa shape index (κ3) is 1.66. The second kappa shape index (κ2) is 3.82. The van der Waals surface area contributed by atoms with Crippen LogP contribution < -0.4 is 5.32 Å². The van der Waals surface area contributed by atoms with Crippen LogP contribution in [-0.4, -0.2) is 29.1 Å². The average molecular weight is 198 g/mol. The van der Waals surface area contributed by atoms with E-state index in [2.05, 4.69) is 17.1 Å². The molecule has 0 aromatic carbocycles. The van der Waals surface area contributed by atoms with Crippen LogP contribution in [0.5, 0.6) is 0 Å². The molecule has 0 aromatic rings. The molecule has 2 fully saturated rings. The number of rotatable bonds is 1. The number of hydrogen-bond donors (Lipinski definition) is 1. The van der Waals surface area contributed by atoms with Gasteiger partial charge in [-0.15, -0.1) is 0 Å². The second-order valence-electron chi connectivity index (χ2n) is 4.08. The van der Waals surface area contributed by atoms with Gasteiger partial charge >= 0.3 is 0 Å². The van der Waals surface area contributed by atoms with Crippen LogP contribution in [0, 0.1) is 5.92 Å². The number of fused-ring (bicyclic) bond motifs is 1. The molecule has 2 unspecified atom stereocenters. The Morgan fingerprint density at radius 2 is 2.31 bits per heavy atom. The number of nitrogens with one attached hydrogen (secondary N) is 1. The molecular weight excluding hydrogens is 180 g/mol. The van der Waals surface area contributed by atoms with E-state index in [0.717, 1.165) is 23.6 Å². The molecule has 1 saturated heterocycles. The minimum absolute atomic E-state index is 0.770. The molecule has 0 aromatic heterocycles. The standard InChI is InChI=1S/C10H18N2S/c1-2-11-10(13)12-7-6-8-4-3-5-9(8)12/h8-9H,2-7H2,1H3,(H,11,13). The number of hydrogen-bond acceptors (Lipinski definition) is 1. The minimum atomic E-state index is 0.770. The monoisotopic (exact) mass is 198 g/mol. The summed E-state index contributed by atoms with van der Waals surface area (Å²) in [7, 11) is 0. The van der Waals surface area contributed by atoms with Crippen LogP contribution in [0.1, 0.15) is 32.6 Å². The van der Waals surface area contributed by atoms with Gasteiger partial charge in [-0.1, -0.05) is 6.42 Å². The first kappa shape index (κ1) is 9.25. The molecule has 1 aliphatic heterocycles. The van der Waals surface area contributed by atoms with Crippen LogP contribution in [0.4, 0.5) is 0 Å². The number of thiocarbonyl (C=S) groups is 1. The lowest BCUT2D eigenvalue weighted by Gasteiger charge is -2.26. The van der Waals surface area contributed by atoms with E-state index >= 15 is 0 Å². The molecular formula is C10H18N2S. The fraction of sp³-hybridized carbons (Fsp3) is 0.900. The highest BCUT2D eigenvalue weighted by atomic mass is 32.1. The highest BCUT2D eigenvalue weighted by Gasteiger charge is 2.38. The van der Waals surface area contributed by atoms with Crippen molar-refractivity contribution in [2.24, 2.45) is 5.92 Å². The van der Waals surface area contributed by atoms with Crippen molar-refractivity contribution in [3.8, 4) is 0 Å². The first-order valence-corrected chi connectivity index (χ1v) is 5.78. The van der Waals surface area contributed by atoms with E-state index in [-0.39, 0.29) is 0 Å². The van der Waals surface area contributed by atoms with Crippen LogP contribution >= 0.6 is 12.2 Å². The van der Waals surface area contributed by atoms with Crippen molar-refractivity contribution < 1.29 is 0 Å². The Hall–Kier alpha value is -0.310. The van der Waals surface area contributed by atoms with E-state index in [0.29, 0.717) is 0 Å². The van der Waals surface area contributed by atoms with Crippen molar-refractivity contribution in [1.29, 1.82) is 0 Å². The van der Waals surface area contributed by atoms with Gasteiger partial charge < -0.3 is 10.2 Å². The molecule has 2 nitrogen and oxygen atoms in total. The lowest BCUT2D eigenvalue weighted by atomic mass is 10.1. The fourth-order valence-corrected chi connectivity index (χ4v) is 3.11. The molecule has 13 heavy (non-hydrogen) atoms. The molecule has 1 aliphatic carbocycles. The predicted octanol–water partition coefficient (Wildman–Crippen LogP) is 1.76. The van der Waals surface area contributed by atoms with Gasteiger partial charge in [-0.25, -0.2) is 0 Å². The summed E-state index contributed by atoms with van der Waals surface area (Å²) in [5.41, 5.74) is 0. The van der Waals surface area contributed by atoms with Gasteiger partial charge in [0.05, 0.1) is 0 Å². The first-order valence-electron chi connectivity index (χ1n) is 5.37. The maximum Gasteiger partial charge on any atom is 0.169 e. The van der Waals surface area contributed by atoms with E-state index in [4.69, 9.17) is 12.2 Å². The molecule has 0 radical (unpaired) electrons. The Balaban J connectivity index is 1.96. The van der Waals surface area contributed by atoms with Gasteiger partial charge in [0.2, 0.25) is 0 Å². The molecule has 2 rings (SSSR count). The molecule has 1 N–H and O–H groups in total. The Bertz CT molecular complexity index is 205. The normalized spacial score (nSPS) is 31.9. The summed E-state index contributed by atoms with van der Waals surface area (Å²) in [4.78, 5) is 2.41. The third-order valence-corrected chi connectivity index (χ3v) is 3.73. The van der Waals surface area contributed by atoms with Crippen molar-refractivity contribution in [2.75, 3.05) is 13.1 Å². The largest absolute Gasteiger partial charge is 0.363 e. The summed E-state index contributed by atoms with van der Waals surface area (Å²) in [6.07, 6.45) is 5.54. The summed E-state index contributed by atoms with van der Waals surface area (Å²) in [5.74, 6) is 0.941. The highest BCUT2D eigenvalue weighted by molar-refractivity contribution is 7.80. The van der Waals surface area contributed by atoms with Gasteiger partial charge in [0.1, 0.15) is 0 Å². The van der Waals surface area contributed by atoms with Crippen LogP contribution in [0.15, 0.2) is 0 Å². The SMILES string of the molecule is CCNC(=S)N1CCC2CCCC21. The quantitative estimate of drug-likeness (QED) is 0.646. The van der Waals surface area contributed by atoms with Crippen molar-refractivity contribution in [3.05, 3.63) is 0 Å². The molecule has 2 aliphatic rings. The van der Waals surface area contributed by atoms with Crippen molar-refractivity contribution in [1.82, 2.24) is 10.2 Å². The zero-order chi connectivity index (χ0) is 9.26. The highest BCUT2D eigenvalue weighted by Crippen LogP contribution is 2.37. The smallest absolute Gasteiger partial charge is 0.169 e. The van der Waals surface area contributed by atoms with E-state index < -0.39 is 0 Å². The van der Waals surface area contributed by atoms with Crippen molar-refractivity contribution in [2.45, 2.75) is 38.6 Å². The molecule has 0 spiro atoms. The summed E-state index contributed by atoms with van der Waals surface area (Å²) >= 11 is 5.35. The topological polar surface area (TPSA) is 15.3 Å². The molecule has 1 heterocycles. The summed E-state index contributed by atoms with van der Waals surface area (Å²) in [5, 5.41) is 4.24. The van der Waals surface area contributed by atoms with Gasteiger partial charge in [-0.3, -0.25) is 0 Å². The Morgan fingerprint density at radius 1 is 1.46 bits per heavy atom. The third-order valence-electron chi connectivity index (χ3n) is 3.35. The van der Waals surface area contributed by atoms with Gasteiger partial charge in [0.15, 0.2) is 5.11 Å². The van der Waals surface area contributed by atoms with Gasteiger partial charge in [-0.05, 0) is 44.3 Å². The van der Waals surface area contributed by atoms with Gasteiger partial charge in [-0.2, -0.15) is 0 Å². The van der Waals surface area contributed by atoms with Gasteiger partial charge in [0, 0.05) is 19.1 Å². The van der Waals surface area contributed by atoms with Crippen LogP contribution in [-0.2, 0) is 0 Å². The Kier molecular flexibility index (Phi) is 2.72. The summed E-state index contributed by atoms with van der Waals surface area (Å²) in [6.45, 7) is 4.24. The zero-order valence-electron chi connectivity index (χ0n) is 8.25. The summed E-state index contributed by atoms with van der Waals surface area (Å²) in [6, 6.07) is 0.770. The van der Waals surface area contributed by atoms with Crippen molar-refractivity contribution in [3.63, 3.8) is 0 Å². The molecule has 1 saturated carbocycles. The van der Waals surface area contributed by atoms with Crippen LogP contribution in [0.2, 0.25) is 0 Å². The molecule has 2 atom stereocenters. The Labute approximate surface area is 85.7 Å². The Morgan fingerprint density at radius 3 is 3.08 bits per heavy atom. The average Bonchev–Trinajstić information content (AvgIpc) is 2.62. The van der Waals surface area contributed by atoms with Crippen molar-refractivity contribution >= 4 is 17.3 Å². The van der Waals surface area contributed by atoms with E-state index in [1.165, 1.54) is 32.2 Å². The molecule has 0 bridgehead atoms. The van der Waals surface area contributed by atoms with Gasteiger partial charge in [0.25, 0.3) is 0 Å². The van der Waals surface area contributed by atoms with E-state index in [9.17, 15) is 0 Å². The lowest BCUT2D eigenvalue weighted by Crippen LogP contribution is -2.42.